The molecule has 3 aliphatic rings. The number of likely N-dealkylation sites (tertiary alicyclic amines) is 2. The first kappa shape index (κ1) is 35.0. The zero-order valence-electron chi connectivity index (χ0n) is 29.0. The molecular formula is C40H37ClFN5O6. The predicted molar refractivity (Wildman–Crippen MR) is 196 cm³/mol. The number of halogens is 2. The quantitative estimate of drug-likeness (QED) is 0.140. The van der Waals surface area contributed by atoms with Gasteiger partial charge in [0.05, 0.1) is 36.8 Å². The topological polar surface area (TPSA) is 126 Å². The number of nitrogens with zero attached hydrogens (tertiary/aromatic N) is 5. The van der Waals surface area contributed by atoms with Crippen molar-refractivity contribution in [1.29, 1.82) is 0 Å². The highest BCUT2D eigenvalue weighted by Gasteiger charge is 2.31. The molecule has 0 amide bonds. The summed E-state index contributed by atoms with van der Waals surface area (Å²) in [6.45, 7) is 11.2. The Hall–Kier alpha value is -5.06. The Bertz CT molecular complexity index is 2270. The maximum absolute atomic E-state index is 16.5. The second-order valence-corrected chi connectivity index (χ2v) is 14.4. The second-order valence-electron chi connectivity index (χ2n) is 14.0. The average molecular weight is 738 g/mol. The lowest BCUT2D eigenvalue weighted by Gasteiger charge is -2.20. The van der Waals surface area contributed by atoms with Crippen LogP contribution in [0.3, 0.4) is 0 Å². The molecule has 5 aromatic rings. The number of fused-ring (bicyclic) bond motifs is 2. The molecule has 0 radical (unpaired) electrons. The van der Waals surface area contributed by atoms with Crippen LogP contribution in [0.5, 0.6) is 11.8 Å². The predicted octanol–water partition coefficient (Wildman–Crippen LogP) is 7.45. The Morgan fingerprint density at radius 1 is 1.02 bits per heavy atom. The van der Waals surface area contributed by atoms with Gasteiger partial charge in [-0.2, -0.15) is 4.98 Å². The Kier molecular flexibility index (Phi) is 9.51. The number of aromatic nitrogens is 2. The molecule has 11 nitrogen and oxygen atoms in total. The fraction of sp³-hybridized carbons (Fsp3) is 0.350. The number of benzene rings is 3. The number of hydrogen-bond donors (Lipinski definition) is 2. The second kappa shape index (κ2) is 14.4. The fourth-order valence-corrected chi connectivity index (χ4v) is 8.11. The molecule has 2 N–H and O–H groups in total. The summed E-state index contributed by atoms with van der Waals surface area (Å²) >= 11 is 6.70. The van der Waals surface area contributed by atoms with Gasteiger partial charge in [-0.3, -0.25) is 14.6 Å². The Labute approximate surface area is 310 Å². The first-order chi connectivity index (χ1) is 25.7. The van der Waals surface area contributed by atoms with Crippen molar-refractivity contribution in [3.8, 4) is 34.3 Å². The lowest BCUT2D eigenvalue weighted by Crippen LogP contribution is -2.23. The number of aliphatic hydroxyl groups is 1. The van der Waals surface area contributed by atoms with Crippen molar-refractivity contribution in [1.82, 2.24) is 19.8 Å². The van der Waals surface area contributed by atoms with Gasteiger partial charge in [-0.05, 0) is 78.7 Å². The number of β-amino-alcohol motifs (C(OH)–C–C–N with tert-alkyl or cyclic N) is 1. The van der Waals surface area contributed by atoms with Crippen LogP contribution in [0.2, 0.25) is 5.02 Å². The molecule has 1 aliphatic carbocycles. The number of carboxylic acids is 1. The summed E-state index contributed by atoms with van der Waals surface area (Å²) in [6.07, 6.45) is 1.84. The van der Waals surface area contributed by atoms with Crippen LogP contribution in [-0.4, -0.2) is 75.3 Å². The van der Waals surface area contributed by atoms with Crippen molar-refractivity contribution in [2.24, 2.45) is 5.92 Å². The summed E-state index contributed by atoms with van der Waals surface area (Å²) < 4.78 is 34.6. The minimum Gasteiger partial charge on any atom is -0.481 e. The Balaban J connectivity index is 1.05. The fourth-order valence-electron chi connectivity index (χ4n) is 7.89. The molecule has 8 rings (SSSR count). The Morgan fingerprint density at radius 3 is 2.55 bits per heavy atom. The molecule has 2 fully saturated rings. The molecule has 0 bridgehead atoms. The monoisotopic (exact) mass is 737 g/mol. The minimum atomic E-state index is -0.792. The highest BCUT2D eigenvalue weighted by Crippen LogP contribution is 2.44. The van der Waals surface area contributed by atoms with E-state index in [1.54, 1.807) is 30.3 Å². The van der Waals surface area contributed by atoms with Crippen LogP contribution in [0.4, 0.5) is 10.1 Å². The number of carboxylic acid groups (broad SMARTS) is 1. The van der Waals surface area contributed by atoms with Crippen LogP contribution in [-0.2, 0) is 24.3 Å². The molecule has 272 valence electrons. The third-order valence-electron chi connectivity index (χ3n) is 10.5. The number of aliphatic carboxylic acids is 1. The highest BCUT2D eigenvalue weighted by molar-refractivity contribution is 6.31. The molecule has 4 heterocycles. The van der Waals surface area contributed by atoms with E-state index in [2.05, 4.69) is 19.7 Å². The van der Waals surface area contributed by atoms with Crippen molar-refractivity contribution in [3.05, 3.63) is 99.1 Å². The van der Waals surface area contributed by atoms with Gasteiger partial charge in [-0.25, -0.2) is 14.2 Å². The van der Waals surface area contributed by atoms with Gasteiger partial charge in [0, 0.05) is 43.9 Å². The summed E-state index contributed by atoms with van der Waals surface area (Å²) in [7, 11) is 1.53. The number of methoxy groups -OCH3 is 1. The van der Waals surface area contributed by atoms with Crippen LogP contribution in [0, 0.1) is 18.3 Å². The van der Waals surface area contributed by atoms with Gasteiger partial charge in [0.1, 0.15) is 16.9 Å². The van der Waals surface area contributed by atoms with Crippen LogP contribution >= 0.6 is 11.6 Å². The molecule has 2 aromatic heterocycles. The SMILES string of the molecule is [C-]#[N+]c1cc(CN2CC[C@@H](O)C2)cc2nc(-c3cccc(-c4cccc5c4CC[C@H]5Oc4nc(OC)c(CN5CC[C@@H](C(=O)O)C5)cc4Cl)c3F)oc12. The van der Waals surface area contributed by atoms with E-state index in [9.17, 15) is 15.0 Å². The molecule has 3 atom stereocenters. The van der Waals surface area contributed by atoms with Crippen LogP contribution < -0.4 is 9.47 Å². The van der Waals surface area contributed by atoms with E-state index in [0.29, 0.717) is 91.7 Å². The van der Waals surface area contributed by atoms with Crippen LogP contribution in [0.1, 0.15) is 47.6 Å². The highest BCUT2D eigenvalue weighted by atomic mass is 35.5. The van der Waals surface area contributed by atoms with E-state index in [-0.39, 0.29) is 29.5 Å². The van der Waals surface area contributed by atoms with E-state index in [1.165, 1.54) is 7.11 Å². The minimum absolute atomic E-state index is 0.0938. The molecule has 0 unspecified atom stereocenters. The lowest BCUT2D eigenvalue weighted by atomic mass is 9.95. The first-order valence-corrected chi connectivity index (χ1v) is 18.0. The van der Waals surface area contributed by atoms with Gasteiger partial charge >= 0.3 is 5.97 Å². The van der Waals surface area contributed by atoms with Gasteiger partial charge < -0.3 is 24.1 Å². The van der Waals surface area contributed by atoms with Crippen LogP contribution in [0.25, 0.3) is 38.5 Å². The molecule has 13 heteroatoms. The largest absolute Gasteiger partial charge is 0.481 e. The van der Waals surface area contributed by atoms with E-state index in [4.69, 9.17) is 32.1 Å². The van der Waals surface area contributed by atoms with Gasteiger partial charge in [-0.1, -0.05) is 41.9 Å². The molecule has 0 saturated carbocycles. The number of carbonyl (C=O) groups is 1. The maximum atomic E-state index is 16.5. The Morgan fingerprint density at radius 2 is 1.79 bits per heavy atom. The van der Waals surface area contributed by atoms with E-state index in [1.807, 2.05) is 29.2 Å². The summed E-state index contributed by atoms with van der Waals surface area (Å²) in [6, 6.07) is 16.3. The zero-order valence-corrected chi connectivity index (χ0v) is 29.8. The molecular weight excluding hydrogens is 701 g/mol. The number of aliphatic hydroxyl groups excluding tert-OH is 1. The van der Waals surface area contributed by atoms with Gasteiger partial charge in [-0.15, -0.1) is 0 Å². The van der Waals surface area contributed by atoms with E-state index >= 15 is 4.39 Å². The first-order valence-electron chi connectivity index (χ1n) is 17.7. The van der Waals surface area contributed by atoms with Crippen molar-refractivity contribution < 1.29 is 33.3 Å². The van der Waals surface area contributed by atoms with Crippen molar-refractivity contribution in [2.75, 3.05) is 33.3 Å². The number of rotatable bonds is 10. The van der Waals surface area contributed by atoms with Crippen molar-refractivity contribution in [3.63, 3.8) is 0 Å². The number of oxazole rings is 1. The molecule has 53 heavy (non-hydrogen) atoms. The van der Waals surface area contributed by atoms with Gasteiger partial charge in [0.25, 0.3) is 0 Å². The normalized spacial score (nSPS) is 20.2. The average Bonchev–Trinajstić information content (AvgIpc) is 3.96. The molecule has 2 saturated heterocycles. The van der Waals surface area contributed by atoms with Gasteiger partial charge in [0.2, 0.25) is 23.3 Å². The van der Waals surface area contributed by atoms with Crippen LogP contribution in [0.15, 0.2) is 59.0 Å². The summed E-state index contributed by atoms with van der Waals surface area (Å²) in [4.78, 5) is 28.5. The standard InChI is InChI=1S/C40H37ClFN5O6/c1-43-32-15-22(18-46-14-12-25(48)21-46)16-33-36(32)53-38(44-33)30-8-4-7-29(35(30)42)26-5-3-6-28-27(26)9-10-34(28)52-39-31(41)17-24(37(45-39)51-2)20-47-13-11-23(19-47)40(49)50/h3-8,15-17,23,25,34,48H,9-14,18-21H2,2H3,(H,49,50)/t23-,25-,34-/m1/s1. The summed E-state index contributed by atoms with van der Waals surface area (Å²) in [5.74, 6) is -0.989. The number of hydrogen-bond acceptors (Lipinski definition) is 9. The van der Waals surface area contributed by atoms with Gasteiger partial charge in [0.15, 0.2) is 5.58 Å². The van der Waals surface area contributed by atoms with E-state index in [0.717, 1.165) is 34.4 Å². The number of pyridine rings is 1. The maximum Gasteiger partial charge on any atom is 0.307 e. The lowest BCUT2D eigenvalue weighted by molar-refractivity contribution is -0.141. The zero-order chi connectivity index (χ0) is 36.8. The van der Waals surface area contributed by atoms with Crippen molar-refractivity contribution >= 4 is 34.4 Å². The summed E-state index contributed by atoms with van der Waals surface area (Å²) in [5, 5.41) is 19.6. The molecule has 0 spiro atoms. The third kappa shape index (κ3) is 6.82. The number of ether oxygens (including phenoxy) is 2. The molecule has 2 aliphatic heterocycles. The van der Waals surface area contributed by atoms with Crippen molar-refractivity contribution in [2.45, 2.75) is 51.0 Å². The third-order valence-corrected chi connectivity index (χ3v) is 10.8. The van der Waals surface area contributed by atoms with E-state index < -0.39 is 17.7 Å². The molecule has 3 aromatic carbocycles. The smallest absolute Gasteiger partial charge is 0.307 e. The summed E-state index contributed by atoms with van der Waals surface area (Å²) in [5.41, 5.74) is 5.91.